The second kappa shape index (κ2) is 6.33. The van der Waals surface area contributed by atoms with Crippen LogP contribution in [-0.4, -0.2) is 18.3 Å². The third kappa shape index (κ3) is 2.78. The quantitative estimate of drug-likeness (QED) is 0.323. The van der Waals surface area contributed by atoms with Gasteiger partial charge in [-0.1, -0.05) is 43.3 Å². The van der Waals surface area contributed by atoms with E-state index in [9.17, 15) is 30.7 Å². The van der Waals surface area contributed by atoms with Crippen molar-refractivity contribution in [1.29, 1.82) is 0 Å². The Balaban J connectivity index is 2.97. The zero-order valence-corrected chi connectivity index (χ0v) is 13.1. The second-order valence-corrected chi connectivity index (χ2v) is 5.41. The molecular formula is C17H15F7N+. The minimum atomic E-state index is -5.73. The van der Waals surface area contributed by atoms with Gasteiger partial charge in [0.1, 0.15) is 0 Å². The maximum absolute atomic E-state index is 14.9. The van der Waals surface area contributed by atoms with Gasteiger partial charge in [0.05, 0.1) is 0 Å². The summed E-state index contributed by atoms with van der Waals surface area (Å²) in [5.41, 5.74) is -2.00. The van der Waals surface area contributed by atoms with E-state index in [1.807, 2.05) is 0 Å². The first kappa shape index (κ1) is 19.2. The van der Waals surface area contributed by atoms with Gasteiger partial charge in [-0.3, -0.25) is 0 Å². The standard InChI is InChI=1S/C17H15F7N/c1-2-15(18,19)16(20,21)25(17(22,23)24,13-9-5-3-6-10-13)14-11-7-4-8-12-14/h3-12H,2H2,1H3/q+1. The summed E-state index contributed by atoms with van der Waals surface area (Å²) in [4.78, 5) is 0. The van der Waals surface area contributed by atoms with Crippen molar-refractivity contribution >= 4 is 11.4 Å². The van der Waals surface area contributed by atoms with Crippen molar-refractivity contribution in [3.05, 3.63) is 60.7 Å². The van der Waals surface area contributed by atoms with Crippen LogP contribution in [0.3, 0.4) is 0 Å². The fourth-order valence-corrected chi connectivity index (χ4v) is 2.69. The van der Waals surface area contributed by atoms with Crippen LogP contribution in [0.5, 0.6) is 0 Å². The Hall–Kier alpha value is -2.09. The van der Waals surface area contributed by atoms with E-state index in [-0.39, 0.29) is 0 Å². The molecule has 0 aliphatic carbocycles. The summed E-state index contributed by atoms with van der Waals surface area (Å²) in [5.74, 6) is -4.89. The summed E-state index contributed by atoms with van der Waals surface area (Å²) >= 11 is 0. The summed E-state index contributed by atoms with van der Waals surface area (Å²) in [5, 5.41) is 0. The van der Waals surface area contributed by atoms with Gasteiger partial charge < -0.3 is 0 Å². The van der Waals surface area contributed by atoms with Gasteiger partial charge in [-0.05, 0) is 0 Å². The van der Waals surface area contributed by atoms with E-state index in [1.54, 1.807) is 0 Å². The lowest BCUT2D eigenvalue weighted by Gasteiger charge is -2.44. The fraction of sp³-hybridized carbons (Fsp3) is 0.294. The van der Waals surface area contributed by atoms with Crippen LogP contribution in [0.2, 0.25) is 0 Å². The third-order valence-electron chi connectivity index (χ3n) is 3.97. The molecule has 2 rings (SSSR count). The Morgan fingerprint density at radius 1 is 0.680 bits per heavy atom. The Labute approximate surface area is 139 Å². The molecule has 25 heavy (non-hydrogen) atoms. The molecule has 0 heterocycles. The monoisotopic (exact) mass is 366 g/mol. The van der Waals surface area contributed by atoms with Crippen LogP contribution < -0.4 is 4.48 Å². The smallest absolute Gasteiger partial charge is 0.192 e. The maximum Gasteiger partial charge on any atom is 0.576 e. The molecule has 0 N–H and O–H groups in total. The number of hydrogen-bond donors (Lipinski definition) is 0. The minimum absolute atomic E-state index is 0.717. The van der Waals surface area contributed by atoms with Crippen LogP contribution in [0.4, 0.5) is 42.1 Å². The van der Waals surface area contributed by atoms with Crippen LogP contribution >= 0.6 is 0 Å². The average molecular weight is 366 g/mol. The zero-order valence-electron chi connectivity index (χ0n) is 13.1. The molecule has 136 valence electrons. The van der Waals surface area contributed by atoms with E-state index in [0.29, 0.717) is 0 Å². The largest absolute Gasteiger partial charge is 0.576 e. The maximum atomic E-state index is 14.9. The van der Waals surface area contributed by atoms with Gasteiger partial charge in [-0.25, -0.2) is 0 Å². The first-order valence-electron chi connectivity index (χ1n) is 7.35. The van der Waals surface area contributed by atoms with Crippen LogP contribution in [0.25, 0.3) is 0 Å². The number of hydrogen-bond acceptors (Lipinski definition) is 0. The Morgan fingerprint density at radius 2 is 1.04 bits per heavy atom. The lowest BCUT2D eigenvalue weighted by molar-refractivity contribution is -0.355. The number of nitrogens with zero attached hydrogens (tertiary/aromatic N) is 1. The summed E-state index contributed by atoms with van der Waals surface area (Å²) in [6, 6.07) is 4.59. The van der Waals surface area contributed by atoms with Crippen LogP contribution in [0, 0.1) is 0 Å². The third-order valence-corrected chi connectivity index (χ3v) is 3.97. The first-order chi connectivity index (χ1) is 11.5. The average Bonchev–Trinajstić information content (AvgIpc) is 2.55. The highest BCUT2D eigenvalue weighted by atomic mass is 19.4. The molecule has 2 aromatic rings. The van der Waals surface area contributed by atoms with Gasteiger partial charge in [-0.15, -0.1) is 26.4 Å². The summed E-state index contributed by atoms with van der Waals surface area (Å²) in [6.45, 7) is 0.717. The molecule has 0 fully saturated rings. The van der Waals surface area contributed by atoms with E-state index < -0.39 is 40.5 Å². The molecule has 0 spiro atoms. The lowest BCUT2D eigenvalue weighted by atomic mass is 10.1. The van der Waals surface area contributed by atoms with Crippen LogP contribution in [0.15, 0.2) is 60.7 Å². The van der Waals surface area contributed by atoms with Crippen molar-refractivity contribution in [1.82, 2.24) is 4.48 Å². The molecular weight excluding hydrogens is 351 g/mol. The summed E-state index contributed by atoms with van der Waals surface area (Å²) in [7, 11) is 0. The molecule has 0 aromatic heterocycles. The van der Waals surface area contributed by atoms with Crippen molar-refractivity contribution < 1.29 is 30.7 Å². The first-order valence-corrected chi connectivity index (χ1v) is 7.35. The zero-order chi connectivity index (χ0) is 18.9. The summed E-state index contributed by atoms with van der Waals surface area (Å²) < 4.78 is 96.8. The highest BCUT2D eigenvalue weighted by Gasteiger charge is 2.81. The second-order valence-electron chi connectivity index (χ2n) is 5.41. The van der Waals surface area contributed by atoms with Gasteiger partial charge in [0, 0.05) is 30.7 Å². The van der Waals surface area contributed by atoms with Crippen molar-refractivity contribution in [3.63, 3.8) is 0 Å². The highest BCUT2D eigenvalue weighted by molar-refractivity contribution is 5.61. The van der Waals surface area contributed by atoms with E-state index in [1.165, 1.54) is 12.1 Å². The molecule has 0 saturated heterocycles. The van der Waals surface area contributed by atoms with Crippen molar-refractivity contribution in [2.75, 3.05) is 0 Å². The number of rotatable bonds is 5. The molecule has 1 nitrogen and oxygen atoms in total. The number of para-hydroxylation sites is 2. The lowest BCUT2D eigenvalue weighted by Crippen LogP contribution is -2.71. The Morgan fingerprint density at radius 3 is 1.32 bits per heavy atom. The van der Waals surface area contributed by atoms with Gasteiger partial charge in [0.15, 0.2) is 11.4 Å². The van der Waals surface area contributed by atoms with E-state index in [2.05, 4.69) is 0 Å². The van der Waals surface area contributed by atoms with Gasteiger partial charge in [0.2, 0.25) is 0 Å². The molecule has 0 bridgehead atoms. The molecule has 0 aliphatic rings. The molecule has 0 atom stereocenters. The molecule has 0 unspecified atom stereocenters. The van der Waals surface area contributed by atoms with Gasteiger partial charge in [0.25, 0.3) is 0 Å². The number of halogens is 7. The molecule has 2 aromatic carbocycles. The van der Waals surface area contributed by atoms with Crippen molar-refractivity contribution in [3.8, 4) is 0 Å². The SMILES string of the molecule is CCC(F)(F)C(F)(F)[N+](c1ccccc1)(c1ccccc1)C(F)(F)F. The van der Waals surface area contributed by atoms with Gasteiger partial charge >= 0.3 is 18.3 Å². The topological polar surface area (TPSA) is 0 Å². The number of alkyl halides is 7. The summed E-state index contributed by atoms with van der Waals surface area (Å²) in [6.07, 6.45) is -7.18. The van der Waals surface area contributed by atoms with Gasteiger partial charge in [-0.2, -0.15) is 8.78 Å². The predicted octanol–water partition coefficient (Wildman–Crippen LogP) is 6.48. The van der Waals surface area contributed by atoms with Crippen LogP contribution in [-0.2, 0) is 0 Å². The molecule has 8 heteroatoms. The minimum Gasteiger partial charge on any atom is -0.192 e. The number of quaternary nitrogens is 1. The van der Waals surface area contributed by atoms with Crippen LogP contribution in [0.1, 0.15) is 13.3 Å². The molecule has 0 radical (unpaired) electrons. The van der Waals surface area contributed by atoms with E-state index in [4.69, 9.17) is 0 Å². The number of benzene rings is 2. The van der Waals surface area contributed by atoms with E-state index >= 15 is 0 Å². The highest BCUT2D eigenvalue weighted by Crippen LogP contribution is 2.57. The van der Waals surface area contributed by atoms with Crippen molar-refractivity contribution in [2.24, 2.45) is 0 Å². The normalized spacial score (nSPS) is 13.8. The molecule has 0 saturated carbocycles. The molecule has 0 aliphatic heterocycles. The fourth-order valence-electron chi connectivity index (χ4n) is 2.69. The predicted molar refractivity (Wildman–Crippen MR) is 80.6 cm³/mol. The molecule has 0 amide bonds. The Bertz CT molecular complexity index is 656. The van der Waals surface area contributed by atoms with E-state index in [0.717, 1.165) is 55.5 Å². The Kier molecular flexibility index (Phi) is 4.87. The van der Waals surface area contributed by atoms with Crippen molar-refractivity contribution in [2.45, 2.75) is 31.6 Å².